The first-order valence-corrected chi connectivity index (χ1v) is 11.4. The summed E-state index contributed by atoms with van der Waals surface area (Å²) in [4.78, 5) is 12.4. The minimum Gasteiger partial charge on any atom is -0.353 e. The van der Waals surface area contributed by atoms with Crippen LogP contribution in [-0.4, -0.2) is 22.6 Å². The Balaban J connectivity index is 1.98. The fourth-order valence-electron chi connectivity index (χ4n) is 5.06. The number of hydrogen-bond acceptors (Lipinski definition) is 4. The van der Waals surface area contributed by atoms with Crippen molar-refractivity contribution in [3.63, 3.8) is 0 Å². The van der Waals surface area contributed by atoms with Crippen LogP contribution < -0.4 is 10.2 Å². The summed E-state index contributed by atoms with van der Waals surface area (Å²) >= 11 is 0. The van der Waals surface area contributed by atoms with Crippen molar-refractivity contribution >= 4 is 17.5 Å². The molecule has 1 aliphatic heterocycles. The first kappa shape index (κ1) is 21.6. The minimum atomic E-state index is 0.586. The third-order valence-electron chi connectivity index (χ3n) is 6.47. The van der Waals surface area contributed by atoms with Crippen molar-refractivity contribution in [3.05, 3.63) is 39.6 Å². The predicted octanol–water partition coefficient (Wildman–Crippen LogP) is 6.35. The van der Waals surface area contributed by atoms with E-state index in [1.54, 1.807) is 0 Å². The van der Waals surface area contributed by atoms with Gasteiger partial charge in [0.25, 0.3) is 0 Å². The fraction of sp³-hybridized carbons (Fsp3) is 0.600. The summed E-state index contributed by atoms with van der Waals surface area (Å²) < 4.78 is 0. The van der Waals surface area contributed by atoms with Crippen LogP contribution in [0, 0.1) is 27.7 Å². The normalized spacial score (nSPS) is 13.3. The van der Waals surface area contributed by atoms with E-state index in [2.05, 4.69) is 64.7 Å². The zero-order chi connectivity index (χ0) is 21.1. The van der Waals surface area contributed by atoms with Crippen molar-refractivity contribution in [2.45, 2.75) is 93.0 Å². The lowest BCUT2D eigenvalue weighted by molar-refractivity contribution is 0.511. The number of benzene rings is 1. The molecule has 0 saturated heterocycles. The highest BCUT2D eigenvalue weighted by Crippen LogP contribution is 2.35. The number of nitrogens with zero attached hydrogens (tertiary/aromatic N) is 3. The van der Waals surface area contributed by atoms with E-state index in [1.165, 1.54) is 53.5 Å². The third-order valence-corrected chi connectivity index (χ3v) is 6.47. The summed E-state index contributed by atoms with van der Waals surface area (Å²) in [6, 6.07) is 2.86. The molecule has 2 heterocycles. The summed E-state index contributed by atoms with van der Waals surface area (Å²) in [5, 5.41) is 3.59. The molecule has 0 bridgehead atoms. The Kier molecular flexibility index (Phi) is 6.81. The van der Waals surface area contributed by atoms with Gasteiger partial charge in [0.05, 0.1) is 0 Å². The van der Waals surface area contributed by atoms with Crippen LogP contribution in [0.5, 0.6) is 0 Å². The first-order valence-electron chi connectivity index (χ1n) is 11.4. The second kappa shape index (κ2) is 9.15. The predicted molar refractivity (Wildman–Crippen MR) is 125 cm³/mol. The number of nitrogens with one attached hydrogen (secondary N) is 1. The lowest BCUT2D eigenvalue weighted by Gasteiger charge is -2.29. The van der Waals surface area contributed by atoms with E-state index >= 15 is 0 Å². The van der Waals surface area contributed by atoms with Gasteiger partial charge in [-0.15, -0.1) is 0 Å². The summed E-state index contributed by atoms with van der Waals surface area (Å²) in [6.07, 6.45) is 7.00. The van der Waals surface area contributed by atoms with Gasteiger partial charge in [0.15, 0.2) is 0 Å². The van der Waals surface area contributed by atoms with E-state index in [0.717, 1.165) is 42.5 Å². The van der Waals surface area contributed by atoms with Crippen molar-refractivity contribution in [2.24, 2.45) is 0 Å². The van der Waals surface area contributed by atoms with Crippen molar-refractivity contribution in [2.75, 3.05) is 16.8 Å². The van der Waals surface area contributed by atoms with Gasteiger partial charge in [-0.05, 0) is 75.6 Å². The smallest absolute Gasteiger partial charge is 0.229 e. The molecule has 4 nitrogen and oxygen atoms in total. The van der Waals surface area contributed by atoms with Gasteiger partial charge in [-0.1, -0.05) is 39.7 Å². The molecule has 1 aromatic heterocycles. The molecule has 0 aliphatic carbocycles. The molecule has 2 aromatic rings. The van der Waals surface area contributed by atoms with Gasteiger partial charge in [-0.3, -0.25) is 0 Å². The number of aryl methyl sites for hydroxylation is 3. The number of rotatable bonds is 8. The standard InChI is InChI=1S/C25H38N4/c1-8-11-20(12-9-2)29-14-13-22-19(7)26-25(28-24(22)29)27-23-17(5)15-16(4)21(10-3)18(23)6/h15,20H,8-14H2,1-7H3,(H,26,27,28). The molecular formula is C25H38N4. The first-order chi connectivity index (χ1) is 13.9. The molecule has 0 amide bonds. The van der Waals surface area contributed by atoms with E-state index in [-0.39, 0.29) is 0 Å². The second-order valence-electron chi connectivity index (χ2n) is 8.58. The molecule has 0 spiro atoms. The quantitative estimate of drug-likeness (QED) is 0.566. The number of aromatic nitrogens is 2. The molecule has 0 radical (unpaired) electrons. The van der Waals surface area contributed by atoms with Crippen molar-refractivity contribution in [1.29, 1.82) is 0 Å². The van der Waals surface area contributed by atoms with Gasteiger partial charge in [0.2, 0.25) is 5.95 Å². The van der Waals surface area contributed by atoms with Crippen molar-refractivity contribution in [3.8, 4) is 0 Å². The molecule has 29 heavy (non-hydrogen) atoms. The lowest BCUT2D eigenvalue weighted by atomic mass is 9.95. The summed E-state index contributed by atoms with van der Waals surface area (Å²) in [5.74, 6) is 1.89. The highest BCUT2D eigenvalue weighted by Gasteiger charge is 2.29. The zero-order valence-corrected chi connectivity index (χ0v) is 19.4. The highest BCUT2D eigenvalue weighted by atomic mass is 15.3. The van der Waals surface area contributed by atoms with Crippen LogP contribution in [0.1, 0.15) is 80.0 Å². The van der Waals surface area contributed by atoms with Crippen LogP contribution >= 0.6 is 0 Å². The molecule has 1 aliphatic rings. The average molecular weight is 395 g/mol. The molecule has 3 rings (SSSR count). The van der Waals surface area contributed by atoms with Crippen LogP contribution in [0.25, 0.3) is 0 Å². The van der Waals surface area contributed by atoms with Crippen LogP contribution in [0.3, 0.4) is 0 Å². The molecule has 0 saturated carbocycles. The SMILES string of the molecule is CCCC(CCC)N1CCc2c(C)nc(Nc3c(C)cc(C)c(CC)c3C)nc21. The molecule has 0 unspecified atom stereocenters. The molecule has 158 valence electrons. The maximum Gasteiger partial charge on any atom is 0.229 e. The van der Waals surface area contributed by atoms with Gasteiger partial charge >= 0.3 is 0 Å². The average Bonchev–Trinajstić information content (AvgIpc) is 3.09. The van der Waals surface area contributed by atoms with Gasteiger partial charge in [-0.25, -0.2) is 4.98 Å². The largest absolute Gasteiger partial charge is 0.353 e. The van der Waals surface area contributed by atoms with E-state index < -0.39 is 0 Å². The van der Waals surface area contributed by atoms with Crippen LogP contribution in [0.2, 0.25) is 0 Å². The van der Waals surface area contributed by atoms with E-state index in [0.29, 0.717) is 6.04 Å². The summed E-state index contributed by atoms with van der Waals surface area (Å²) in [6.45, 7) is 16.6. The third kappa shape index (κ3) is 4.26. The molecule has 1 aromatic carbocycles. The van der Waals surface area contributed by atoms with E-state index in [4.69, 9.17) is 9.97 Å². The van der Waals surface area contributed by atoms with Gasteiger partial charge in [-0.2, -0.15) is 4.98 Å². The summed E-state index contributed by atoms with van der Waals surface area (Å²) in [7, 11) is 0. The molecule has 4 heteroatoms. The Morgan fingerprint density at radius 3 is 2.31 bits per heavy atom. The number of anilines is 3. The van der Waals surface area contributed by atoms with Crippen molar-refractivity contribution < 1.29 is 0 Å². The van der Waals surface area contributed by atoms with E-state index in [9.17, 15) is 0 Å². The second-order valence-corrected chi connectivity index (χ2v) is 8.58. The van der Waals surface area contributed by atoms with E-state index in [1.807, 2.05) is 0 Å². The van der Waals surface area contributed by atoms with Crippen LogP contribution in [-0.2, 0) is 12.8 Å². The van der Waals surface area contributed by atoms with Crippen LogP contribution in [0.15, 0.2) is 6.07 Å². The van der Waals surface area contributed by atoms with Crippen LogP contribution in [0.4, 0.5) is 17.5 Å². The monoisotopic (exact) mass is 394 g/mol. The maximum absolute atomic E-state index is 5.04. The maximum atomic E-state index is 5.04. The summed E-state index contributed by atoms with van der Waals surface area (Å²) in [5.41, 5.74) is 8.97. The van der Waals surface area contributed by atoms with Gasteiger partial charge in [0.1, 0.15) is 5.82 Å². The lowest BCUT2D eigenvalue weighted by Crippen LogP contribution is -2.34. The number of fused-ring (bicyclic) bond motifs is 1. The Morgan fingerprint density at radius 1 is 1.00 bits per heavy atom. The molecular weight excluding hydrogens is 356 g/mol. The Labute approximate surface area is 177 Å². The molecule has 1 N–H and O–H groups in total. The fourth-order valence-corrected chi connectivity index (χ4v) is 5.06. The van der Waals surface area contributed by atoms with Crippen molar-refractivity contribution in [1.82, 2.24) is 9.97 Å². The Hall–Kier alpha value is -2.10. The van der Waals surface area contributed by atoms with Gasteiger partial charge < -0.3 is 10.2 Å². The zero-order valence-electron chi connectivity index (χ0n) is 19.4. The number of hydrogen-bond donors (Lipinski definition) is 1. The topological polar surface area (TPSA) is 41.1 Å². The molecule has 0 fully saturated rings. The molecule has 0 atom stereocenters. The minimum absolute atomic E-state index is 0.586. The Morgan fingerprint density at radius 2 is 1.69 bits per heavy atom. The highest BCUT2D eigenvalue weighted by molar-refractivity contribution is 5.68. The van der Waals surface area contributed by atoms with Gasteiger partial charge in [0, 0.05) is 29.5 Å². The Bertz CT molecular complexity index is 866.